The van der Waals surface area contributed by atoms with Gasteiger partial charge in [-0.3, -0.25) is 13.9 Å². The van der Waals surface area contributed by atoms with Gasteiger partial charge in [-0.15, -0.1) is 0 Å². The molecule has 0 bridgehead atoms. The molecule has 4 aromatic carbocycles. The van der Waals surface area contributed by atoms with Crippen molar-refractivity contribution < 1.29 is 22.4 Å². The van der Waals surface area contributed by atoms with Crippen molar-refractivity contribution in [3.8, 4) is 0 Å². The Kier molecular flexibility index (Phi) is 11.4. The third-order valence-electron chi connectivity index (χ3n) is 6.90. The van der Waals surface area contributed by atoms with Crippen molar-refractivity contribution in [1.82, 2.24) is 10.2 Å². The number of rotatable bonds is 13. The molecule has 0 fully saturated rings. The van der Waals surface area contributed by atoms with Crippen LogP contribution in [0.1, 0.15) is 24.5 Å². The molecule has 0 radical (unpaired) electrons. The molecule has 0 aliphatic heterocycles. The zero-order chi connectivity index (χ0) is 31.7. The number of carbonyl (C=O) groups is 2. The number of nitrogens with zero attached hydrogens (tertiary/aromatic N) is 2. The van der Waals surface area contributed by atoms with E-state index in [0.717, 1.165) is 9.87 Å². The van der Waals surface area contributed by atoms with Crippen molar-refractivity contribution >= 4 is 50.7 Å². The lowest BCUT2D eigenvalue weighted by Crippen LogP contribution is -2.53. The first-order valence-electron chi connectivity index (χ1n) is 14.0. The van der Waals surface area contributed by atoms with Crippen molar-refractivity contribution in [2.24, 2.45) is 0 Å². The Hall–Kier alpha value is -3.92. The molecular formula is C33H32Cl2FN3O4S. The van der Waals surface area contributed by atoms with E-state index in [9.17, 15) is 22.4 Å². The smallest absolute Gasteiger partial charge is 0.264 e. The van der Waals surface area contributed by atoms with Crippen molar-refractivity contribution in [1.29, 1.82) is 0 Å². The van der Waals surface area contributed by atoms with E-state index in [1.54, 1.807) is 18.2 Å². The van der Waals surface area contributed by atoms with Crippen molar-refractivity contribution in [2.75, 3.05) is 17.4 Å². The number of halogens is 3. The number of sulfonamides is 1. The average molecular weight is 657 g/mol. The first-order valence-corrected chi connectivity index (χ1v) is 16.2. The van der Waals surface area contributed by atoms with Crippen LogP contribution in [0.25, 0.3) is 0 Å². The zero-order valence-electron chi connectivity index (χ0n) is 24.0. The summed E-state index contributed by atoms with van der Waals surface area (Å²) in [6.45, 7) is 1.52. The predicted octanol–water partition coefficient (Wildman–Crippen LogP) is 6.49. The lowest BCUT2D eigenvalue weighted by molar-refractivity contribution is -0.140. The monoisotopic (exact) mass is 655 g/mol. The molecule has 0 saturated carbocycles. The number of amides is 2. The van der Waals surface area contributed by atoms with Gasteiger partial charge >= 0.3 is 0 Å². The zero-order valence-corrected chi connectivity index (χ0v) is 26.3. The maximum Gasteiger partial charge on any atom is 0.264 e. The van der Waals surface area contributed by atoms with Crippen molar-refractivity contribution in [3.05, 3.63) is 130 Å². The summed E-state index contributed by atoms with van der Waals surface area (Å²) in [6.07, 6.45) is 0.832. The van der Waals surface area contributed by atoms with E-state index in [1.165, 1.54) is 59.5 Å². The number of anilines is 1. The highest BCUT2D eigenvalue weighted by molar-refractivity contribution is 7.92. The Morgan fingerprint density at radius 1 is 0.841 bits per heavy atom. The molecule has 2 amide bonds. The van der Waals surface area contributed by atoms with Gasteiger partial charge < -0.3 is 10.2 Å². The van der Waals surface area contributed by atoms with Gasteiger partial charge in [-0.25, -0.2) is 12.8 Å². The minimum Gasteiger partial charge on any atom is -0.354 e. The van der Waals surface area contributed by atoms with Gasteiger partial charge in [0.2, 0.25) is 11.8 Å². The van der Waals surface area contributed by atoms with E-state index in [1.807, 2.05) is 37.3 Å². The SMILES string of the molecule is CCCNC(=O)[C@H](Cc1ccccc1)N(Cc1ccc(F)cc1)C(=O)CN(c1cccc(Cl)c1Cl)S(=O)(=O)c1ccccc1. The number of carbonyl (C=O) groups excluding carboxylic acids is 2. The van der Waals surface area contributed by atoms with Crippen LogP contribution in [0.15, 0.2) is 108 Å². The van der Waals surface area contributed by atoms with Crippen LogP contribution in [0, 0.1) is 5.82 Å². The maximum atomic E-state index is 14.4. The lowest BCUT2D eigenvalue weighted by Gasteiger charge is -2.34. The summed E-state index contributed by atoms with van der Waals surface area (Å²) >= 11 is 12.8. The van der Waals surface area contributed by atoms with Crippen molar-refractivity contribution in [2.45, 2.75) is 37.2 Å². The van der Waals surface area contributed by atoms with Gasteiger partial charge in [0.25, 0.3) is 10.0 Å². The van der Waals surface area contributed by atoms with Gasteiger partial charge in [0.15, 0.2) is 0 Å². The summed E-state index contributed by atoms with van der Waals surface area (Å²) in [5, 5.41) is 2.93. The number of benzene rings is 4. The topological polar surface area (TPSA) is 86.8 Å². The quantitative estimate of drug-likeness (QED) is 0.178. The van der Waals surface area contributed by atoms with E-state index >= 15 is 0 Å². The molecule has 1 atom stereocenters. The van der Waals surface area contributed by atoms with E-state index in [2.05, 4.69) is 5.32 Å². The third kappa shape index (κ3) is 8.16. The second kappa shape index (κ2) is 15.2. The lowest BCUT2D eigenvalue weighted by atomic mass is 10.0. The Morgan fingerprint density at radius 3 is 2.11 bits per heavy atom. The molecule has 0 aromatic heterocycles. The van der Waals surface area contributed by atoms with Crippen LogP contribution in [0.4, 0.5) is 10.1 Å². The van der Waals surface area contributed by atoms with Crippen LogP contribution in [0.2, 0.25) is 10.0 Å². The summed E-state index contributed by atoms with van der Waals surface area (Å²) in [4.78, 5) is 29.3. The van der Waals surface area contributed by atoms with E-state index in [-0.39, 0.29) is 33.6 Å². The first kappa shape index (κ1) is 33.0. The third-order valence-corrected chi connectivity index (χ3v) is 9.48. The molecule has 0 heterocycles. The second-order valence-corrected chi connectivity index (χ2v) is 12.7. The van der Waals surface area contributed by atoms with Crippen LogP contribution < -0.4 is 9.62 Å². The molecular weight excluding hydrogens is 624 g/mol. The molecule has 7 nitrogen and oxygen atoms in total. The van der Waals surface area contributed by atoms with Gasteiger partial charge in [-0.05, 0) is 53.9 Å². The molecule has 1 N–H and O–H groups in total. The average Bonchev–Trinajstić information content (AvgIpc) is 3.03. The molecule has 0 saturated heterocycles. The first-order chi connectivity index (χ1) is 21.1. The van der Waals surface area contributed by atoms with E-state index in [0.29, 0.717) is 18.5 Å². The fourth-order valence-corrected chi connectivity index (χ4v) is 6.52. The fourth-order valence-electron chi connectivity index (χ4n) is 4.62. The van der Waals surface area contributed by atoms with E-state index < -0.39 is 40.2 Å². The Labute approximate surface area is 267 Å². The summed E-state index contributed by atoms with van der Waals surface area (Å²) in [6, 6.07) is 25.9. The summed E-state index contributed by atoms with van der Waals surface area (Å²) in [7, 11) is -4.33. The molecule has 0 aliphatic rings. The standard InChI is InChI=1S/C33H32Cl2FN3O4S/c1-2-20-37-33(41)30(21-24-10-5-3-6-11-24)38(22-25-16-18-26(36)19-17-25)31(40)23-39(29-15-9-14-28(34)32(29)35)44(42,43)27-12-7-4-8-13-27/h3-19,30H,2,20-23H2,1H3,(H,37,41)/t30-/m0/s1. The maximum absolute atomic E-state index is 14.4. The Balaban J connectivity index is 1.81. The molecule has 11 heteroatoms. The Morgan fingerprint density at radius 2 is 1.48 bits per heavy atom. The highest BCUT2D eigenvalue weighted by Crippen LogP contribution is 2.35. The summed E-state index contributed by atoms with van der Waals surface area (Å²) < 4.78 is 42.7. The highest BCUT2D eigenvalue weighted by Gasteiger charge is 2.35. The second-order valence-electron chi connectivity index (χ2n) is 10.0. The minimum atomic E-state index is -4.33. The molecule has 0 unspecified atom stereocenters. The van der Waals surface area contributed by atoms with Gasteiger partial charge in [0.1, 0.15) is 18.4 Å². The summed E-state index contributed by atoms with van der Waals surface area (Å²) in [5.41, 5.74) is 1.36. The Bertz CT molecular complexity index is 1670. The molecule has 0 aliphatic carbocycles. The highest BCUT2D eigenvalue weighted by atomic mass is 35.5. The molecule has 44 heavy (non-hydrogen) atoms. The normalized spacial score (nSPS) is 11.9. The molecule has 4 rings (SSSR count). The fraction of sp³-hybridized carbons (Fsp3) is 0.212. The van der Waals surface area contributed by atoms with Gasteiger partial charge in [-0.2, -0.15) is 0 Å². The number of hydrogen-bond donors (Lipinski definition) is 1. The number of nitrogens with one attached hydrogen (secondary N) is 1. The van der Waals surface area contributed by atoms with Gasteiger partial charge in [-0.1, -0.05) is 96.9 Å². The largest absolute Gasteiger partial charge is 0.354 e. The van der Waals surface area contributed by atoms with E-state index in [4.69, 9.17) is 23.2 Å². The molecule has 230 valence electrons. The van der Waals surface area contributed by atoms with Crippen LogP contribution in [0.5, 0.6) is 0 Å². The van der Waals surface area contributed by atoms with Gasteiger partial charge in [0, 0.05) is 19.5 Å². The van der Waals surface area contributed by atoms with Crippen LogP contribution in [-0.2, 0) is 32.6 Å². The summed E-state index contributed by atoms with van der Waals surface area (Å²) in [5.74, 6) is -1.52. The molecule has 4 aromatic rings. The van der Waals surface area contributed by atoms with Crippen LogP contribution in [0.3, 0.4) is 0 Å². The van der Waals surface area contributed by atoms with Crippen LogP contribution in [-0.4, -0.2) is 44.3 Å². The number of hydrogen-bond acceptors (Lipinski definition) is 4. The van der Waals surface area contributed by atoms with Gasteiger partial charge in [0.05, 0.1) is 20.6 Å². The van der Waals surface area contributed by atoms with Crippen LogP contribution >= 0.6 is 23.2 Å². The molecule has 0 spiro atoms. The minimum absolute atomic E-state index is 0.00754. The predicted molar refractivity (Wildman–Crippen MR) is 172 cm³/mol. The van der Waals surface area contributed by atoms with Crippen molar-refractivity contribution in [3.63, 3.8) is 0 Å².